The van der Waals surface area contributed by atoms with E-state index in [1.165, 1.54) is 7.11 Å². The van der Waals surface area contributed by atoms with Crippen molar-refractivity contribution in [1.82, 2.24) is 0 Å². The van der Waals surface area contributed by atoms with Gasteiger partial charge in [-0.05, 0) is 17.6 Å². The highest BCUT2D eigenvalue weighted by Crippen LogP contribution is 2.38. The molecule has 135 valence electrons. The third kappa shape index (κ3) is 4.10. The molecule has 2 aromatic rings. The van der Waals surface area contributed by atoms with Gasteiger partial charge in [0.2, 0.25) is 0 Å². The summed E-state index contributed by atoms with van der Waals surface area (Å²) in [5, 5.41) is 1.15. The molecule has 0 aliphatic carbocycles. The predicted octanol–water partition coefficient (Wildman–Crippen LogP) is 3.99. The minimum Gasteiger partial charge on any atom is -0.492 e. The Labute approximate surface area is 163 Å². The lowest BCUT2D eigenvalue weighted by atomic mass is 9.71. The number of esters is 1. The van der Waals surface area contributed by atoms with E-state index in [-0.39, 0.29) is 11.9 Å². The van der Waals surface area contributed by atoms with Crippen LogP contribution < -0.4 is 14.9 Å². The molecule has 0 bridgehead atoms. The van der Waals surface area contributed by atoms with Gasteiger partial charge >= 0.3 is 5.97 Å². The molecule has 4 nitrogen and oxygen atoms in total. The summed E-state index contributed by atoms with van der Waals surface area (Å²) in [5.41, 5.74) is 2.79. The van der Waals surface area contributed by atoms with Gasteiger partial charge in [0, 0.05) is 33.2 Å². The van der Waals surface area contributed by atoms with Crippen molar-refractivity contribution in [2.45, 2.75) is 25.8 Å². The van der Waals surface area contributed by atoms with Crippen LogP contribution in [-0.4, -0.2) is 27.0 Å². The summed E-state index contributed by atoms with van der Waals surface area (Å²) >= 11 is 12.1. The first-order valence-corrected chi connectivity index (χ1v) is 9.01. The van der Waals surface area contributed by atoms with Gasteiger partial charge in [-0.25, -0.2) is 0 Å². The summed E-state index contributed by atoms with van der Waals surface area (Å²) in [4.78, 5) is 11.6. The molecule has 0 saturated heterocycles. The number of carbonyl (C=O) groups excluding carboxylic acids is 1. The predicted molar refractivity (Wildman–Crippen MR) is 103 cm³/mol. The zero-order valence-corrected chi connectivity index (χ0v) is 16.1. The number of hydrogen-bond acceptors (Lipinski definition) is 4. The van der Waals surface area contributed by atoms with Gasteiger partial charge in [-0.2, -0.15) is 0 Å². The number of fused-ring (bicyclic) bond motifs is 1. The lowest BCUT2D eigenvalue weighted by Gasteiger charge is -2.14. The molecule has 2 aromatic carbocycles. The van der Waals surface area contributed by atoms with Crippen LogP contribution in [0.5, 0.6) is 11.5 Å². The third-order valence-electron chi connectivity index (χ3n) is 4.37. The number of hydrogen-bond donors (Lipinski definition) is 0. The van der Waals surface area contributed by atoms with Crippen molar-refractivity contribution >= 4 is 41.9 Å². The van der Waals surface area contributed by atoms with Gasteiger partial charge in [-0.15, -0.1) is 0 Å². The molecule has 0 spiro atoms. The number of halogens is 2. The standard InChI is InChI=1S/C19H18BCl2O4/c1-20-15-7-14-12(5-19(23)24-2)10-25-17(14)8-18(15)26-9-11-3-4-13(21)6-16(11)22/h3-4,6-8,12H,5,9-10H2,1-2H3. The number of carbonyl (C=O) groups is 1. The Morgan fingerprint density at radius 2 is 2.12 bits per heavy atom. The molecule has 1 aliphatic rings. The van der Waals surface area contributed by atoms with Crippen LogP contribution in [0.15, 0.2) is 30.3 Å². The van der Waals surface area contributed by atoms with E-state index in [0.29, 0.717) is 35.4 Å². The summed E-state index contributed by atoms with van der Waals surface area (Å²) in [6.07, 6.45) is 0.299. The van der Waals surface area contributed by atoms with Gasteiger partial charge in [-0.3, -0.25) is 4.79 Å². The Morgan fingerprint density at radius 1 is 1.31 bits per heavy atom. The van der Waals surface area contributed by atoms with Crippen LogP contribution in [0.3, 0.4) is 0 Å². The monoisotopic (exact) mass is 391 g/mol. The van der Waals surface area contributed by atoms with Crippen molar-refractivity contribution in [1.29, 1.82) is 0 Å². The van der Waals surface area contributed by atoms with Gasteiger partial charge in [-0.1, -0.05) is 42.2 Å². The molecule has 0 aromatic heterocycles. The van der Waals surface area contributed by atoms with E-state index in [1.54, 1.807) is 12.1 Å². The molecule has 1 atom stereocenters. The van der Waals surface area contributed by atoms with E-state index in [0.717, 1.165) is 22.3 Å². The largest absolute Gasteiger partial charge is 0.492 e. The van der Waals surface area contributed by atoms with Crippen LogP contribution in [0.1, 0.15) is 23.5 Å². The fraction of sp³-hybridized carbons (Fsp3) is 0.316. The van der Waals surface area contributed by atoms with Crippen molar-refractivity contribution in [3.05, 3.63) is 51.5 Å². The maximum absolute atomic E-state index is 11.6. The Balaban J connectivity index is 1.79. The van der Waals surface area contributed by atoms with E-state index in [1.807, 2.05) is 32.3 Å². The third-order valence-corrected chi connectivity index (χ3v) is 4.96. The molecule has 7 heteroatoms. The highest BCUT2D eigenvalue weighted by molar-refractivity contribution is 6.53. The van der Waals surface area contributed by atoms with Gasteiger partial charge < -0.3 is 14.2 Å². The highest BCUT2D eigenvalue weighted by atomic mass is 35.5. The molecule has 26 heavy (non-hydrogen) atoms. The second-order valence-electron chi connectivity index (χ2n) is 6.03. The summed E-state index contributed by atoms with van der Waals surface area (Å²) in [6.45, 7) is 2.72. The second kappa shape index (κ2) is 8.23. The van der Waals surface area contributed by atoms with Crippen LogP contribution in [-0.2, 0) is 16.1 Å². The Hall–Kier alpha value is -1.85. The van der Waals surface area contributed by atoms with Gasteiger partial charge in [0.25, 0.3) is 0 Å². The summed E-state index contributed by atoms with van der Waals surface area (Å²) < 4.78 is 16.5. The summed E-state index contributed by atoms with van der Waals surface area (Å²) in [7, 11) is 3.36. The maximum atomic E-state index is 11.6. The van der Waals surface area contributed by atoms with Crippen molar-refractivity contribution < 1.29 is 19.0 Å². The minimum absolute atomic E-state index is 0.00379. The molecule has 0 fully saturated rings. The maximum Gasteiger partial charge on any atom is 0.306 e. The first-order chi connectivity index (χ1) is 12.5. The van der Waals surface area contributed by atoms with Gasteiger partial charge in [0.15, 0.2) is 7.28 Å². The normalized spacial score (nSPS) is 15.2. The van der Waals surface area contributed by atoms with Crippen molar-refractivity contribution in [3.8, 4) is 11.5 Å². The van der Waals surface area contributed by atoms with E-state index in [9.17, 15) is 4.79 Å². The van der Waals surface area contributed by atoms with E-state index in [4.69, 9.17) is 37.4 Å². The fourth-order valence-corrected chi connectivity index (χ4v) is 3.38. The zero-order chi connectivity index (χ0) is 18.7. The molecular weight excluding hydrogens is 374 g/mol. The number of benzene rings is 2. The SMILES string of the molecule is C[B]c1cc2c(cc1OCc1ccc(Cl)cc1Cl)OCC2CC(=O)OC. The topological polar surface area (TPSA) is 44.8 Å². The molecule has 0 saturated carbocycles. The Morgan fingerprint density at radius 3 is 2.81 bits per heavy atom. The smallest absolute Gasteiger partial charge is 0.306 e. The molecule has 1 unspecified atom stereocenters. The minimum atomic E-state index is -0.244. The Kier molecular flexibility index (Phi) is 5.99. The second-order valence-corrected chi connectivity index (χ2v) is 6.87. The van der Waals surface area contributed by atoms with Crippen molar-refractivity contribution in [2.24, 2.45) is 0 Å². The molecule has 0 amide bonds. The van der Waals surface area contributed by atoms with E-state index in [2.05, 4.69) is 0 Å². The lowest BCUT2D eigenvalue weighted by molar-refractivity contribution is -0.141. The molecular formula is C19H18BCl2O4. The molecule has 1 radical (unpaired) electrons. The van der Waals surface area contributed by atoms with Crippen molar-refractivity contribution in [3.63, 3.8) is 0 Å². The molecule has 1 heterocycles. The summed E-state index contributed by atoms with van der Waals surface area (Å²) in [5.74, 6) is 1.19. The average molecular weight is 392 g/mol. The number of ether oxygens (including phenoxy) is 3. The fourth-order valence-electron chi connectivity index (χ4n) is 2.92. The van der Waals surface area contributed by atoms with Crippen LogP contribution in [0.4, 0.5) is 0 Å². The zero-order valence-electron chi connectivity index (χ0n) is 14.6. The first-order valence-electron chi connectivity index (χ1n) is 8.25. The summed E-state index contributed by atoms with van der Waals surface area (Å²) in [6, 6.07) is 9.19. The van der Waals surface area contributed by atoms with E-state index >= 15 is 0 Å². The molecule has 0 N–H and O–H groups in total. The Bertz CT molecular complexity index is 825. The highest BCUT2D eigenvalue weighted by Gasteiger charge is 2.28. The van der Waals surface area contributed by atoms with Crippen LogP contribution in [0.2, 0.25) is 16.9 Å². The first kappa shape index (κ1) is 18.9. The number of methoxy groups -OCH3 is 1. The molecule has 3 rings (SSSR count). The number of rotatable bonds is 6. The van der Waals surface area contributed by atoms with Crippen LogP contribution >= 0.6 is 23.2 Å². The average Bonchev–Trinajstić information content (AvgIpc) is 3.01. The van der Waals surface area contributed by atoms with Gasteiger partial charge in [0.1, 0.15) is 18.1 Å². The van der Waals surface area contributed by atoms with Crippen LogP contribution in [0, 0.1) is 0 Å². The van der Waals surface area contributed by atoms with Crippen molar-refractivity contribution in [2.75, 3.05) is 13.7 Å². The van der Waals surface area contributed by atoms with Gasteiger partial charge in [0.05, 0.1) is 20.1 Å². The lowest BCUT2D eigenvalue weighted by Crippen LogP contribution is -2.17. The quantitative estimate of drug-likeness (QED) is 0.551. The van der Waals surface area contributed by atoms with E-state index < -0.39 is 0 Å². The molecule has 1 aliphatic heterocycles. The van der Waals surface area contributed by atoms with Crippen LogP contribution in [0.25, 0.3) is 0 Å².